The molecule has 0 aromatic heterocycles. The van der Waals surface area contributed by atoms with Gasteiger partial charge in [0.15, 0.2) is 0 Å². The highest BCUT2D eigenvalue weighted by molar-refractivity contribution is 9.10. The van der Waals surface area contributed by atoms with E-state index in [4.69, 9.17) is 34.8 Å². The van der Waals surface area contributed by atoms with E-state index in [1.165, 1.54) is 0 Å². The minimum absolute atomic E-state index is 0.159. The fourth-order valence-corrected chi connectivity index (χ4v) is 3.99. The van der Waals surface area contributed by atoms with E-state index in [1.54, 1.807) is 35.2 Å². The van der Waals surface area contributed by atoms with Gasteiger partial charge in [-0.1, -0.05) is 71.2 Å². The summed E-state index contributed by atoms with van der Waals surface area (Å²) in [6, 6.07) is 20.4. The van der Waals surface area contributed by atoms with Crippen molar-refractivity contribution in [3.63, 3.8) is 0 Å². The number of carbonyl (C=O) groups is 1. The Labute approximate surface area is 192 Å². The smallest absolute Gasteiger partial charge is 0.262 e. The monoisotopic (exact) mass is 503 g/mol. The van der Waals surface area contributed by atoms with Gasteiger partial charge in [-0.15, -0.1) is 0 Å². The lowest BCUT2D eigenvalue weighted by atomic mass is 10.1. The van der Waals surface area contributed by atoms with Crippen molar-refractivity contribution in [1.29, 1.82) is 0 Å². The van der Waals surface area contributed by atoms with Crippen molar-refractivity contribution in [3.8, 4) is 0 Å². The van der Waals surface area contributed by atoms with E-state index in [2.05, 4.69) is 15.9 Å². The lowest BCUT2D eigenvalue weighted by Gasteiger charge is -2.21. The first-order chi connectivity index (χ1) is 13.9. The van der Waals surface area contributed by atoms with Crippen molar-refractivity contribution in [2.75, 3.05) is 4.90 Å². The Morgan fingerprint density at radius 1 is 0.862 bits per heavy atom. The maximum atomic E-state index is 13.4. The van der Waals surface area contributed by atoms with Gasteiger partial charge in [-0.25, -0.2) is 0 Å². The topological polar surface area (TPSA) is 20.3 Å². The Bertz CT molecular complexity index is 1170. The summed E-state index contributed by atoms with van der Waals surface area (Å²) >= 11 is 22.0. The number of carbonyl (C=O) groups excluding carboxylic acids is 1. The van der Waals surface area contributed by atoms with E-state index >= 15 is 0 Å². The third-order valence-electron chi connectivity index (χ3n) is 4.49. The fraction of sp³-hybridized carbons (Fsp3) is 0. The molecule has 0 atom stereocenters. The molecule has 0 N–H and O–H groups in total. The van der Waals surface area contributed by atoms with Crippen molar-refractivity contribution in [3.05, 3.63) is 109 Å². The molecule has 0 fully saturated rings. The van der Waals surface area contributed by atoms with Crippen molar-refractivity contribution < 1.29 is 4.79 Å². The van der Waals surface area contributed by atoms with E-state index in [0.717, 1.165) is 21.3 Å². The van der Waals surface area contributed by atoms with Crippen LogP contribution < -0.4 is 4.90 Å². The van der Waals surface area contributed by atoms with Crippen LogP contribution in [0.1, 0.15) is 11.1 Å². The molecule has 1 heterocycles. The van der Waals surface area contributed by atoms with Crippen LogP contribution in [0.15, 0.2) is 82.9 Å². The highest BCUT2D eigenvalue weighted by atomic mass is 79.9. The molecule has 4 rings (SSSR count). The molecule has 0 unspecified atom stereocenters. The van der Waals surface area contributed by atoms with Crippen LogP contribution in [0.25, 0.3) is 11.8 Å². The molecule has 0 bridgehead atoms. The van der Waals surface area contributed by atoms with Crippen molar-refractivity contribution in [2.24, 2.45) is 0 Å². The van der Waals surface area contributed by atoms with Gasteiger partial charge < -0.3 is 0 Å². The fourth-order valence-electron chi connectivity index (χ4n) is 3.10. The highest BCUT2D eigenvalue weighted by Gasteiger charge is 2.30. The lowest BCUT2D eigenvalue weighted by molar-refractivity contribution is -0.113. The minimum Gasteiger partial charge on any atom is -0.276 e. The highest BCUT2D eigenvalue weighted by Crippen LogP contribution is 2.38. The second-order valence-electron chi connectivity index (χ2n) is 6.40. The quantitative estimate of drug-likeness (QED) is 0.332. The number of nitrogens with zero attached hydrogens (tertiary/aromatic N) is 1. The number of rotatable bonds is 3. The molecule has 144 valence electrons. The van der Waals surface area contributed by atoms with Gasteiger partial charge in [0.2, 0.25) is 0 Å². The number of hydrogen-bond acceptors (Lipinski definition) is 1. The maximum absolute atomic E-state index is 13.4. The molecule has 6 heteroatoms. The zero-order chi connectivity index (χ0) is 20.5. The predicted molar refractivity (Wildman–Crippen MR) is 125 cm³/mol. The van der Waals surface area contributed by atoms with Crippen LogP contribution in [0.2, 0.25) is 15.1 Å². The summed E-state index contributed by atoms with van der Waals surface area (Å²) in [5.41, 5.74) is 3.62. The Morgan fingerprint density at radius 2 is 1.62 bits per heavy atom. The molecule has 3 aromatic carbocycles. The molecule has 0 saturated carbocycles. The number of hydrogen-bond donors (Lipinski definition) is 0. The van der Waals surface area contributed by atoms with Gasteiger partial charge in [0.05, 0.1) is 16.4 Å². The average Bonchev–Trinajstić information content (AvgIpc) is 3.03. The van der Waals surface area contributed by atoms with Crippen molar-refractivity contribution in [2.45, 2.75) is 0 Å². The van der Waals surface area contributed by atoms with Crippen molar-refractivity contribution >= 4 is 74.1 Å². The van der Waals surface area contributed by atoms with Gasteiger partial charge in [0, 0.05) is 20.1 Å². The van der Waals surface area contributed by atoms with Gasteiger partial charge in [0.25, 0.3) is 5.91 Å². The first-order valence-electron chi connectivity index (χ1n) is 8.67. The maximum Gasteiger partial charge on any atom is 0.262 e. The normalized spacial score (nSPS) is 15.2. The molecule has 0 saturated heterocycles. The Morgan fingerprint density at radius 3 is 2.31 bits per heavy atom. The first kappa shape index (κ1) is 20.2. The molecule has 1 aliphatic heterocycles. The summed E-state index contributed by atoms with van der Waals surface area (Å²) in [5.74, 6) is -0.159. The number of halogens is 4. The summed E-state index contributed by atoms with van der Waals surface area (Å²) in [7, 11) is 0. The molecule has 0 radical (unpaired) electrons. The van der Waals surface area contributed by atoms with Crippen LogP contribution in [-0.4, -0.2) is 5.91 Å². The van der Waals surface area contributed by atoms with Crippen LogP contribution in [0.5, 0.6) is 0 Å². The second kappa shape index (κ2) is 8.37. The largest absolute Gasteiger partial charge is 0.276 e. The van der Waals surface area contributed by atoms with Gasteiger partial charge >= 0.3 is 0 Å². The van der Waals surface area contributed by atoms with Crippen LogP contribution in [-0.2, 0) is 4.79 Å². The Kier molecular flexibility index (Phi) is 5.84. The van der Waals surface area contributed by atoms with E-state index in [0.29, 0.717) is 26.3 Å². The van der Waals surface area contributed by atoms with Crippen LogP contribution in [0, 0.1) is 0 Å². The molecular formula is C23H13BrCl3NO. The van der Waals surface area contributed by atoms with Gasteiger partial charge in [-0.2, -0.15) is 0 Å². The van der Waals surface area contributed by atoms with Crippen molar-refractivity contribution in [1.82, 2.24) is 0 Å². The molecular weight excluding hydrogens is 493 g/mol. The second-order valence-corrected chi connectivity index (χ2v) is 8.51. The third kappa shape index (κ3) is 4.15. The number of anilines is 1. The molecule has 1 amide bonds. The molecule has 0 aliphatic carbocycles. The molecule has 2 nitrogen and oxygen atoms in total. The SMILES string of the molecule is O=C1/C(=C/c2ccc(Cl)cc2Cl)C=C(c2ccccc2)N1c1ccc(Br)c(Cl)c1. The van der Waals surface area contributed by atoms with Gasteiger partial charge in [-0.05, 0) is 69.5 Å². The van der Waals surface area contributed by atoms with Crippen LogP contribution >= 0.6 is 50.7 Å². The number of amides is 1. The Balaban J connectivity index is 1.84. The minimum atomic E-state index is -0.159. The van der Waals surface area contributed by atoms with E-state index in [-0.39, 0.29) is 5.91 Å². The molecule has 3 aromatic rings. The first-order valence-corrected chi connectivity index (χ1v) is 10.6. The summed E-state index contributed by atoms with van der Waals surface area (Å²) in [5, 5.41) is 1.56. The summed E-state index contributed by atoms with van der Waals surface area (Å²) < 4.78 is 0.767. The van der Waals surface area contributed by atoms with E-state index in [9.17, 15) is 4.79 Å². The summed E-state index contributed by atoms with van der Waals surface area (Å²) in [6.45, 7) is 0. The van der Waals surface area contributed by atoms with Gasteiger partial charge in [-0.3, -0.25) is 9.69 Å². The summed E-state index contributed by atoms with van der Waals surface area (Å²) in [4.78, 5) is 15.0. The van der Waals surface area contributed by atoms with Gasteiger partial charge in [0.1, 0.15) is 0 Å². The Hall–Kier alpha value is -2.04. The molecule has 1 aliphatic rings. The molecule has 0 spiro atoms. The van der Waals surface area contributed by atoms with E-state index < -0.39 is 0 Å². The summed E-state index contributed by atoms with van der Waals surface area (Å²) in [6.07, 6.45) is 3.63. The van der Waals surface area contributed by atoms with Crippen LogP contribution in [0.4, 0.5) is 5.69 Å². The zero-order valence-electron chi connectivity index (χ0n) is 14.9. The lowest BCUT2D eigenvalue weighted by Crippen LogP contribution is -2.24. The molecule has 29 heavy (non-hydrogen) atoms. The average molecular weight is 506 g/mol. The van der Waals surface area contributed by atoms with E-state index in [1.807, 2.05) is 48.5 Å². The predicted octanol–water partition coefficient (Wildman–Crippen LogP) is 7.88. The van der Waals surface area contributed by atoms with Crippen LogP contribution in [0.3, 0.4) is 0 Å². The number of benzene rings is 3. The standard InChI is InChI=1S/C23H13BrCl3NO/c24-19-9-8-18(13-21(19)27)28-22(14-4-2-1-3-5-14)11-16(23(28)29)10-15-6-7-17(25)12-20(15)26/h1-13H/b16-10+. The third-order valence-corrected chi connectivity index (χ3v) is 6.28. The zero-order valence-corrected chi connectivity index (χ0v) is 18.7.